The minimum Gasteiger partial charge on any atom is -0.488 e. The maximum absolute atomic E-state index is 12.8. The van der Waals surface area contributed by atoms with Gasteiger partial charge in [0, 0.05) is 13.0 Å². The Bertz CT molecular complexity index is 1420. The van der Waals surface area contributed by atoms with Gasteiger partial charge in [-0.1, -0.05) is 54.5 Å². The van der Waals surface area contributed by atoms with E-state index >= 15 is 0 Å². The summed E-state index contributed by atoms with van der Waals surface area (Å²) in [6.45, 7) is 10.0. The molecule has 0 atom stereocenters. The molecule has 0 aliphatic rings. The van der Waals surface area contributed by atoms with Crippen molar-refractivity contribution in [2.45, 2.75) is 53.7 Å². The van der Waals surface area contributed by atoms with E-state index in [9.17, 15) is 9.59 Å². The van der Waals surface area contributed by atoms with Gasteiger partial charge in [-0.05, 0) is 48.6 Å². The van der Waals surface area contributed by atoms with Gasteiger partial charge in [-0.2, -0.15) is 0 Å². The first kappa shape index (κ1) is 26.7. The number of esters is 1. The molecule has 9 nitrogen and oxygen atoms in total. The van der Waals surface area contributed by atoms with E-state index in [1.807, 2.05) is 49.4 Å². The highest BCUT2D eigenvalue weighted by Crippen LogP contribution is 2.42. The van der Waals surface area contributed by atoms with E-state index in [-0.39, 0.29) is 36.4 Å². The summed E-state index contributed by atoms with van der Waals surface area (Å²) in [5, 5.41) is 10.8. The Hall–Kier alpha value is -4.40. The third-order valence-electron chi connectivity index (χ3n) is 5.96. The molecule has 1 amide bonds. The van der Waals surface area contributed by atoms with E-state index in [1.165, 1.54) is 6.92 Å². The van der Waals surface area contributed by atoms with E-state index in [2.05, 4.69) is 29.5 Å². The first-order chi connectivity index (χ1) is 18.3. The van der Waals surface area contributed by atoms with Crippen LogP contribution in [0.5, 0.6) is 5.75 Å². The predicted octanol–water partition coefficient (Wildman–Crippen LogP) is 5.82. The number of rotatable bonds is 10. The molecule has 2 aromatic carbocycles. The van der Waals surface area contributed by atoms with Crippen LogP contribution in [-0.4, -0.2) is 28.8 Å². The highest BCUT2D eigenvalue weighted by atomic mass is 16.5. The number of aromatic nitrogens is 2. The molecule has 0 aliphatic heterocycles. The van der Waals surface area contributed by atoms with Crippen molar-refractivity contribution in [1.82, 2.24) is 15.6 Å². The van der Waals surface area contributed by atoms with Crippen LogP contribution in [0, 0.1) is 6.92 Å². The van der Waals surface area contributed by atoms with E-state index in [0.717, 1.165) is 16.7 Å². The number of carbonyl (C=O) groups is 2. The summed E-state index contributed by atoms with van der Waals surface area (Å²) in [6.07, 6.45) is 0. The number of ether oxygens (including phenoxy) is 2. The maximum atomic E-state index is 12.8. The number of benzene rings is 2. The zero-order valence-electron chi connectivity index (χ0n) is 22.2. The molecule has 9 heteroatoms. The molecule has 0 fully saturated rings. The van der Waals surface area contributed by atoms with Crippen LogP contribution in [0.25, 0.3) is 22.6 Å². The van der Waals surface area contributed by atoms with Gasteiger partial charge < -0.3 is 23.8 Å². The van der Waals surface area contributed by atoms with Crippen LogP contribution in [0.4, 0.5) is 0 Å². The molecular weight excluding hydrogens is 486 g/mol. The molecule has 4 aromatic rings. The molecule has 0 bridgehead atoms. The summed E-state index contributed by atoms with van der Waals surface area (Å²) in [6, 6.07) is 15.4. The zero-order chi connectivity index (χ0) is 27.2. The minimum atomic E-state index is -0.653. The highest BCUT2D eigenvalue weighted by Gasteiger charge is 2.30. The fraction of sp³-hybridized carbons (Fsp3) is 0.310. The first-order valence-electron chi connectivity index (χ1n) is 12.5. The van der Waals surface area contributed by atoms with Crippen LogP contribution in [0.1, 0.15) is 66.5 Å². The summed E-state index contributed by atoms with van der Waals surface area (Å²) in [4.78, 5) is 24.2. The average Bonchev–Trinajstić information content (AvgIpc) is 3.54. The Morgan fingerprint density at radius 3 is 2.50 bits per heavy atom. The van der Waals surface area contributed by atoms with Gasteiger partial charge in [0.2, 0.25) is 11.6 Å². The van der Waals surface area contributed by atoms with E-state index in [1.54, 1.807) is 13.0 Å². The first-order valence-corrected chi connectivity index (χ1v) is 12.5. The molecule has 0 spiro atoms. The highest BCUT2D eigenvalue weighted by molar-refractivity contribution is 5.99. The van der Waals surface area contributed by atoms with E-state index in [4.69, 9.17) is 18.5 Å². The molecule has 0 saturated heterocycles. The van der Waals surface area contributed by atoms with Gasteiger partial charge in [-0.15, -0.1) is 0 Å². The van der Waals surface area contributed by atoms with Crippen molar-refractivity contribution in [2.24, 2.45) is 0 Å². The second-order valence-electron chi connectivity index (χ2n) is 9.18. The molecule has 38 heavy (non-hydrogen) atoms. The van der Waals surface area contributed by atoms with Crippen molar-refractivity contribution in [1.29, 1.82) is 0 Å². The second kappa shape index (κ2) is 11.8. The largest absolute Gasteiger partial charge is 0.488 e. The average molecular weight is 518 g/mol. The number of amides is 1. The molecule has 2 aromatic heterocycles. The summed E-state index contributed by atoms with van der Waals surface area (Å²) < 4.78 is 22.9. The van der Waals surface area contributed by atoms with Gasteiger partial charge in [0.1, 0.15) is 23.6 Å². The van der Waals surface area contributed by atoms with Crippen LogP contribution < -0.4 is 10.1 Å². The summed E-state index contributed by atoms with van der Waals surface area (Å²) in [7, 11) is 0. The van der Waals surface area contributed by atoms with E-state index < -0.39 is 5.97 Å². The van der Waals surface area contributed by atoms with Gasteiger partial charge in [-0.25, -0.2) is 4.79 Å². The lowest BCUT2D eigenvalue weighted by molar-refractivity contribution is -0.119. The summed E-state index contributed by atoms with van der Waals surface area (Å²) in [5.41, 5.74) is 4.52. The summed E-state index contributed by atoms with van der Waals surface area (Å²) in [5.74, 6) is 0.489. The molecule has 1 N–H and O–H groups in total. The van der Waals surface area contributed by atoms with Crippen LogP contribution in [0.3, 0.4) is 0 Å². The van der Waals surface area contributed by atoms with Crippen molar-refractivity contribution in [2.75, 3.05) is 6.61 Å². The van der Waals surface area contributed by atoms with Gasteiger partial charge in [0.15, 0.2) is 11.5 Å². The number of aryl methyl sites for hydroxylation is 1. The number of hydrogen-bond acceptors (Lipinski definition) is 8. The molecule has 198 valence electrons. The number of nitrogens with one attached hydrogen (secondary N) is 1. The van der Waals surface area contributed by atoms with Crippen molar-refractivity contribution >= 4 is 11.9 Å². The predicted molar refractivity (Wildman–Crippen MR) is 141 cm³/mol. The van der Waals surface area contributed by atoms with Crippen LogP contribution in [0.15, 0.2) is 57.6 Å². The van der Waals surface area contributed by atoms with Crippen LogP contribution in [0.2, 0.25) is 0 Å². The number of hydrogen-bond donors (Lipinski definition) is 1. The lowest BCUT2D eigenvalue weighted by Gasteiger charge is -2.17. The van der Waals surface area contributed by atoms with E-state index in [0.29, 0.717) is 34.9 Å². The van der Waals surface area contributed by atoms with Gasteiger partial charge in [0.05, 0.1) is 18.7 Å². The molecular formula is C29H31N3O6. The van der Waals surface area contributed by atoms with Crippen molar-refractivity contribution in [3.05, 3.63) is 76.6 Å². The molecule has 0 aliphatic carbocycles. The van der Waals surface area contributed by atoms with Crippen molar-refractivity contribution < 1.29 is 28.1 Å². The number of nitrogens with zero attached hydrogens (tertiary/aromatic N) is 2. The monoisotopic (exact) mass is 517 g/mol. The lowest BCUT2D eigenvalue weighted by Crippen LogP contribution is -2.18. The molecule has 4 rings (SSSR count). The Kier molecular flexibility index (Phi) is 8.25. The SMILES string of the molecule is CCOC(=O)c1noc(-c2cc(C(C)C)c(C)cc2OCc2ccccc2)c1-c1cc(CNC(C)=O)no1. The van der Waals surface area contributed by atoms with Crippen LogP contribution in [-0.2, 0) is 22.7 Å². The Morgan fingerprint density at radius 1 is 1.05 bits per heavy atom. The van der Waals surface area contributed by atoms with Crippen LogP contribution >= 0.6 is 0 Å². The molecule has 0 radical (unpaired) electrons. The number of carbonyl (C=O) groups excluding carboxylic acids is 2. The quantitative estimate of drug-likeness (QED) is 0.262. The Morgan fingerprint density at radius 2 is 1.82 bits per heavy atom. The smallest absolute Gasteiger partial charge is 0.361 e. The Balaban J connectivity index is 1.85. The standard InChI is InChI=1S/C29H31N3O6/c1-6-35-29(34)27-26(25-13-21(31-37-25)15-30-19(5)33)28(38-32-27)23-14-22(17(2)3)18(4)12-24(23)36-16-20-10-8-7-9-11-20/h7-14,17H,6,15-16H2,1-5H3,(H,30,33). The summed E-state index contributed by atoms with van der Waals surface area (Å²) >= 11 is 0. The van der Waals surface area contributed by atoms with Gasteiger partial charge in [-0.3, -0.25) is 4.79 Å². The molecule has 2 heterocycles. The van der Waals surface area contributed by atoms with Gasteiger partial charge >= 0.3 is 5.97 Å². The zero-order valence-corrected chi connectivity index (χ0v) is 22.2. The Labute approximate surface area is 221 Å². The normalized spacial score (nSPS) is 11.0. The van der Waals surface area contributed by atoms with Crippen molar-refractivity contribution in [3.8, 4) is 28.4 Å². The van der Waals surface area contributed by atoms with Crippen molar-refractivity contribution in [3.63, 3.8) is 0 Å². The minimum absolute atomic E-state index is 0.0373. The maximum Gasteiger partial charge on any atom is 0.361 e. The fourth-order valence-corrected chi connectivity index (χ4v) is 4.12. The molecule has 0 saturated carbocycles. The third kappa shape index (κ3) is 5.94. The topological polar surface area (TPSA) is 117 Å². The lowest BCUT2D eigenvalue weighted by atomic mass is 9.93. The molecule has 0 unspecified atom stereocenters. The second-order valence-corrected chi connectivity index (χ2v) is 9.18. The third-order valence-corrected chi connectivity index (χ3v) is 5.96. The van der Waals surface area contributed by atoms with Gasteiger partial charge in [0.25, 0.3) is 0 Å². The fourth-order valence-electron chi connectivity index (χ4n) is 4.12.